The van der Waals surface area contributed by atoms with Gasteiger partial charge in [0.1, 0.15) is 0 Å². The van der Waals surface area contributed by atoms with E-state index in [1.54, 1.807) is 12.0 Å². The summed E-state index contributed by atoms with van der Waals surface area (Å²) < 4.78 is 4.94. The molecule has 1 heterocycles. The van der Waals surface area contributed by atoms with Crippen LogP contribution in [0.2, 0.25) is 0 Å². The number of hydrogen-bond acceptors (Lipinski definition) is 10. The van der Waals surface area contributed by atoms with Gasteiger partial charge < -0.3 is 16.6 Å². The van der Waals surface area contributed by atoms with E-state index in [0.29, 0.717) is 0 Å². The van der Waals surface area contributed by atoms with Crippen molar-refractivity contribution < 1.29 is 4.74 Å². The van der Waals surface area contributed by atoms with Gasteiger partial charge in [0, 0.05) is 36.3 Å². The molecule has 0 atom stereocenters. The number of hydrogen-bond donors (Lipinski definition) is 6. The highest BCUT2D eigenvalue weighted by Gasteiger charge is 1.94. The van der Waals surface area contributed by atoms with E-state index in [9.17, 15) is 0 Å². The molecule has 0 aromatic carbocycles. The highest BCUT2D eigenvalue weighted by Crippen LogP contribution is 1.98. The van der Waals surface area contributed by atoms with Crippen molar-refractivity contribution in [2.75, 3.05) is 34.4 Å². The highest BCUT2D eigenvalue weighted by molar-refractivity contribution is 4.43. The van der Waals surface area contributed by atoms with E-state index in [4.69, 9.17) is 31.5 Å². The van der Waals surface area contributed by atoms with Crippen molar-refractivity contribution in [1.29, 1.82) is 16.3 Å². The lowest BCUT2D eigenvalue weighted by Crippen LogP contribution is -2.13. The van der Waals surface area contributed by atoms with Crippen LogP contribution >= 0.6 is 0 Å². The molecule has 1 aliphatic rings. The molecule has 13 heteroatoms. The van der Waals surface area contributed by atoms with Crippen molar-refractivity contribution in [1.82, 2.24) is 17.0 Å². The monoisotopic (exact) mass is 361 g/mol. The van der Waals surface area contributed by atoms with E-state index in [1.807, 2.05) is 5.43 Å². The molecule has 0 saturated carbocycles. The zero-order valence-corrected chi connectivity index (χ0v) is 12.2. The van der Waals surface area contributed by atoms with Gasteiger partial charge in [-0.25, -0.2) is 0 Å². The first kappa shape index (κ1) is 67.5. The number of nitroso groups, excluding NO2 is 1. The van der Waals surface area contributed by atoms with Gasteiger partial charge >= 0.3 is 0 Å². The first-order valence-corrected chi connectivity index (χ1v) is 4.97. The molecule has 24 heavy (non-hydrogen) atoms. The standard InChI is InChI=1S/C4H8O.CH4N2O.CH6N2.CH5N.4CH4.HN3.N2.H3N/c1-2-4-5-3-1;1-2-3-4;1-3-2;1-2;;;;;1-3-2;1-2;/h1-4H2;1H3,(H,2,4);3H,2H2,1H3;2H2,1H3;4*1H4;1H;;1H3. The average molecular weight is 362 g/mol. The van der Waals surface area contributed by atoms with E-state index in [-0.39, 0.29) is 35.9 Å². The fraction of sp³-hybridized carbons (Fsp3) is 1.00. The van der Waals surface area contributed by atoms with Crippen molar-refractivity contribution in [3.05, 3.63) is 15.3 Å². The number of ether oxygens (including phenoxy) is 1. The lowest BCUT2D eigenvalue weighted by Gasteiger charge is -1.76. The Balaban J connectivity index is -0.0000000122. The second-order valence-corrected chi connectivity index (χ2v) is 2.02. The van der Waals surface area contributed by atoms with Crippen molar-refractivity contribution in [3.63, 3.8) is 0 Å². The van der Waals surface area contributed by atoms with Crippen LogP contribution in [0.4, 0.5) is 0 Å². The molecule has 1 fully saturated rings. The largest absolute Gasteiger partial charge is 0.381 e. The SMILES string of the molecule is C.C.C.C.C1CCOC1.CN.CNN.CNN=O.N.N#N.[N-]=[N+]=N. The van der Waals surface area contributed by atoms with Crippen LogP contribution in [0.25, 0.3) is 10.4 Å². The molecule has 10 N–H and O–H groups in total. The minimum Gasteiger partial charge on any atom is -0.381 e. The molecule has 13 nitrogen and oxygen atoms in total. The first-order valence-electron chi connectivity index (χ1n) is 4.97. The molecule has 0 aromatic rings. The minimum absolute atomic E-state index is 0. The molecule has 1 saturated heterocycles. The zero-order chi connectivity index (χ0) is 16.4. The van der Waals surface area contributed by atoms with Gasteiger partial charge in [0.25, 0.3) is 0 Å². The van der Waals surface area contributed by atoms with Gasteiger partial charge in [0.15, 0.2) is 0 Å². The third-order valence-electron chi connectivity index (χ3n) is 0.919. The molecule has 0 amide bonds. The van der Waals surface area contributed by atoms with Crippen molar-refractivity contribution >= 4 is 0 Å². The van der Waals surface area contributed by atoms with E-state index < -0.39 is 0 Å². The third-order valence-corrected chi connectivity index (χ3v) is 0.919. The summed E-state index contributed by atoms with van der Waals surface area (Å²) in [6.07, 6.45) is 2.56. The molecule has 1 aliphatic heterocycles. The molecule has 0 unspecified atom stereocenters. The quantitative estimate of drug-likeness (QED) is 0.0760. The fourth-order valence-electron chi connectivity index (χ4n) is 0.510. The van der Waals surface area contributed by atoms with Gasteiger partial charge in [0.05, 0.1) is 0 Å². The Morgan fingerprint density at radius 2 is 1.29 bits per heavy atom. The number of rotatable bonds is 1. The van der Waals surface area contributed by atoms with Gasteiger partial charge in [-0.1, -0.05) is 29.7 Å². The van der Waals surface area contributed by atoms with Crippen LogP contribution in [0, 0.1) is 21.2 Å². The molecule has 0 aromatic heterocycles. The summed E-state index contributed by atoms with van der Waals surface area (Å²) in [4.78, 5) is 10.6. The summed E-state index contributed by atoms with van der Waals surface area (Å²) in [5, 5.41) is 14.2. The van der Waals surface area contributed by atoms with Crippen LogP contribution in [0.5, 0.6) is 0 Å². The number of nitrogens with one attached hydrogen (secondary N) is 3. The van der Waals surface area contributed by atoms with Crippen molar-refractivity contribution in [2.24, 2.45) is 16.9 Å². The summed E-state index contributed by atoms with van der Waals surface area (Å²) >= 11 is 0. The van der Waals surface area contributed by atoms with Gasteiger partial charge in [0.2, 0.25) is 0 Å². The topological polar surface area (TPSA) is 258 Å². The first-order chi connectivity index (χ1) is 9.24. The predicted molar refractivity (Wildman–Crippen MR) is 103 cm³/mol. The Morgan fingerprint density at radius 3 is 1.33 bits per heavy atom. The van der Waals surface area contributed by atoms with Crippen molar-refractivity contribution in [2.45, 2.75) is 42.5 Å². The van der Waals surface area contributed by atoms with Crippen LogP contribution in [0.3, 0.4) is 0 Å². The van der Waals surface area contributed by atoms with E-state index in [1.165, 1.54) is 26.9 Å². The molecular weight excluding hydrogens is 318 g/mol. The van der Waals surface area contributed by atoms with Crippen LogP contribution in [0.15, 0.2) is 5.29 Å². The molecule has 0 aliphatic carbocycles. The molecule has 154 valence electrons. The molecule has 0 bridgehead atoms. The maximum atomic E-state index is 8.81. The maximum Gasteiger partial charge on any atom is 0.0493 e. The van der Waals surface area contributed by atoms with Crippen LogP contribution in [-0.2, 0) is 4.74 Å². The van der Waals surface area contributed by atoms with E-state index in [2.05, 4.69) is 22.3 Å². The summed E-state index contributed by atoms with van der Waals surface area (Å²) in [6.45, 7) is 2.00. The number of nitrogens with two attached hydrogens (primary N) is 2. The summed E-state index contributed by atoms with van der Waals surface area (Å²) in [6, 6.07) is 0. The van der Waals surface area contributed by atoms with E-state index in [0.717, 1.165) is 13.2 Å². The Morgan fingerprint density at radius 1 is 1.12 bits per heavy atom. The summed E-state index contributed by atoms with van der Waals surface area (Å²) in [5.41, 5.74) is 21.0. The summed E-state index contributed by atoms with van der Waals surface area (Å²) in [7, 11) is 4.60. The molecule has 1 rings (SSSR count). The Kier molecular flexibility index (Phi) is 487. The second-order valence-electron chi connectivity index (χ2n) is 2.02. The molecule has 0 radical (unpaired) electrons. The van der Waals surface area contributed by atoms with Gasteiger partial charge in [-0.05, 0) is 37.4 Å². The smallest absolute Gasteiger partial charge is 0.0493 e. The fourth-order valence-corrected chi connectivity index (χ4v) is 0.510. The normalized spacial score (nSPS) is 7.29. The highest BCUT2D eigenvalue weighted by atomic mass is 16.5. The van der Waals surface area contributed by atoms with Crippen LogP contribution in [-0.4, -0.2) is 34.4 Å². The van der Waals surface area contributed by atoms with Gasteiger partial charge in [-0.3, -0.25) is 16.7 Å². The maximum absolute atomic E-state index is 8.81. The van der Waals surface area contributed by atoms with Crippen LogP contribution in [0.1, 0.15) is 42.5 Å². The lowest BCUT2D eigenvalue weighted by molar-refractivity contribution is 0.198. The molecular formula is C11H43N11O2. The summed E-state index contributed by atoms with van der Waals surface area (Å²) in [5.74, 6) is 4.60. The van der Waals surface area contributed by atoms with Gasteiger partial charge in [-0.15, -0.1) is 10.4 Å². The Bertz CT molecular complexity index is 165. The van der Waals surface area contributed by atoms with Crippen molar-refractivity contribution in [3.8, 4) is 0 Å². The third kappa shape index (κ3) is 462. The lowest BCUT2D eigenvalue weighted by atomic mass is 10.4. The minimum atomic E-state index is 0. The Hall–Kier alpha value is -2.07. The van der Waals surface area contributed by atoms with Crippen LogP contribution < -0.4 is 28.6 Å². The number of hydrazine groups is 1. The number of nitrogens with zero attached hydrogens (tertiary/aromatic N) is 5. The average Bonchev–Trinajstić information content (AvgIpc) is 3.04. The predicted octanol–water partition coefficient (Wildman–Crippen LogP) is 2.95. The van der Waals surface area contributed by atoms with Gasteiger partial charge in [-0.2, -0.15) is 0 Å². The second kappa shape index (κ2) is 173. The molecule has 0 spiro atoms. The zero-order valence-electron chi connectivity index (χ0n) is 12.2. The Labute approximate surface area is 148 Å². The van der Waals surface area contributed by atoms with E-state index >= 15 is 0 Å².